The van der Waals surface area contributed by atoms with Gasteiger partial charge in [-0.25, -0.2) is 8.42 Å². The second-order valence-corrected chi connectivity index (χ2v) is 12.2. The van der Waals surface area contributed by atoms with Crippen LogP contribution in [0.2, 0.25) is 0 Å². The molecule has 5 rings (SSSR count). The van der Waals surface area contributed by atoms with Crippen molar-refractivity contribution in [2.45, 2.75) is 50.3 Å². The van der Waals surface area contributed by atoms with Crippen LogP contribution >= 0.6 is 0 Å². The van der Waals surface area contributed by atoms with Crippen LogP contribution in [0.25, 0.3) is 0 Å². The van der Waals surface area contributed by atoms with Crippen molar-refractivity contribution >= 4 is 27.5 Å². The van der Waals surface area contributed by atoms with Crippen LogP contribution in [0, 0.1) is 10.8 Å². The van der Waals surface area contributed by atoms with Crippen LogP contribution in [0.15, 0.2) is 77.7 Å². The SMILES string of the molecule is CC(=N)N1CCC(Oc2ccc(S(=O)(=O)N(Cc3ccccc3)c3ccc4c(c3)CN(C(=N)N)CC4)cc2)CC1. The van der Waals surface area contributed by atoms with E-state index in [1.807, 2.05) is 53.4 Å². The van der Waals surface area contributed by atoms with Gasteiger partial charge in [-0.1, -0.05) is 36.4 Å². The van der Waals surface area contributed by atoms with E-state index in [-0.39, 0.29) is 23.5 Å². The highest BCUT2D eigenvalue weighted by atomic mass is 32.2. The van der Waals surface area contributed by atoms with Crippen molar-refractivity contribution in [2.24, 2.45) is 5.73 Å². The summed E-state index contributed by atoms with van der Waals surface area (Å²) in [7, 11) is -3.91. The Morgan fingerprint density at radius 1 is 0.950 bits per heavy atom. The van der Waals surface area contributed by atoms with Gasteiger partial charge in [0.05, 0.1) is 23.0 Å². The maximum absolute atomic E-state index is 14.1. The molecule has 3 aromatic carbocycles. The Balaban J connectivity index is 1.40. The third kappa shape index (κ3) is 6.07. The van der Waals surface area contributed by atoms with Crippen molar-refractivity contribution in [3.8, 4) is 5.75 Å². The molecule has 2 aliphatic rings. The minimum Gasteiger partial charge on any atom is -0.490 e. The molecule has 9 nitrogen and oxygen atoms in total. The largest absolute Gasteiger partial charge is 0.490 e. The topological polar surface area (TPSA) is 127 Å². The van der Waals surface area contributed by atoms with Crippen molar-refractivity contribution in [1.29, 1.82) is 10.8 Å². The number of guanidine groups is 1. The number of hydrogen-bond donors (Lipinski definition) is 3. The van der Waals surface area contributed by atoms with E-state index < -0.39 is 10.0 Å². The summed E-state index contributed by atoms with van der Waals surface area (Å²) in [6.07, 6.45) is 2.43. The molecule has 210 valence electrons. The van der Waals surface area contributed by atoms with Crippen molar-refractivity contribution in [2.75, 3.05) is 23.9 Å². The second kappa shape index (κ2) is 11.6. The lowest BCUT2D eigenvalue weighted by Gasteiger charge is -2.33. The number of sulfonamides is 1. The number of benzene rings is 3. The zero-order valence-corrected chi connectivity index (χ0v) is 23.5. The Morgan fingerprint density at radius 3 is 2.30 bits per heavy atom. The lowest BCUT2D eigenvalue weighted by Crippen LogP contribution is -2.40. The Morgan fingerprint density at radius 2 is 1.65 bits per heavy atom. The predicted molar refractivity (Wildman–Crippen MR) is 157 cm³/mol. The molecular weight excluding hydrogens is 524 g/mol. The third-order valence-corrected chi connectivity index (χ3v) is 9.42. The van der Waals surface area contributed by atoms with E-state index in [1.54, 1.807) is 36.1 Å². The minimum absolute atomic E-state index is 0.0162. The Labute approximate surface area is 236 Å². The van der Waals surface area contributed by atoms with Gasteiger partial charge < -0.3 is 20.3 Å². The van der Waals surface area contributed by atoms with Crippen molar-refractivity contribution < 1.29 is 13.2 Å². The van der Waals surface area contributed by atoms with Crippen LogP contribution in [0.1, 0.15) is 36.5 Å². The fourth-order valence-electron chi connectivity index (χ4n) is 5.29. The minimum atomic E-state index is -3.91. The summed E-state index contributed by atoms with van der Waals surface area (Å²) in [6, 6.07) is 22.0. The van der Waals surface area contributed by atoms with E-state index in [0.29, 0.717) is 30.4 Å². The van der Waals surface area contributed by atoms with Gasteiger partial charge in [-0.2, -0.15) is 0 Å². The number of ether oxygens (including phenoxy) is 1. The molecule has 0 aromatic heterocycles. The molecule has 0 unspecified atom stereocenters. The van der Waals surface area contributed by atoms with E-state index in [0.717, 1.165) is 49.0 Å². The number of fused-ring (bicyclic) bond motifs is 1. The van der Waals surface area contributed by atoms with Gasteiger partial charge in [0, 0.05) is 39.0 Å². The number of nitrogens with one attached hydrogen (secondary N) is 2. The Bertz CT molecular complexity index is 1470. The van der Waals surface area contributed by atoms with Gasteiger partial charge in [-0.05, 0) is 66.4 Å². The fourth-order valence-corrected chi connectivity index (χ4v) is 6.73. The van der Waals surface area contributed by atoms with Crippen molar-refractivity contribution in [3.63, 3.8) is 0 Å². The first-order chi connectivity index (χ1) is 19.2. The molecule has 0 atom stereocenters. The maximum Gasteiger partial charge on any atom is 0.264 e. The van der Waals surface area contributed by atoms with Gasteiger partial charge >= 0.3 is 0 Å². The standard InChI is InChI=1S/C30H36N6O3S/c1-22(31)34-17-14-28(15-18-34)39-27-9-11-29(12-10-27)40(37,38)36(20-23-5-3-2-4-6-23)26-8-7-24-13-16-35(30(32)33)21-25(24)19-26/h2-12,19,28,31H,13-18,20-21H2,1H3,(H3,32,33). The number of rotatable bonds is 7. The van der Waals surface area contributed by atoms with Crippen LogP contribution in [-0.2, 0) is 29.5 Å². The molecule has 0 radical (unpaired) electrons. The van der Waals surface area contributed by atoms with Crippen LogP contribution in [0.4, 0.5) is 5.69 Å². The first-order valence-corrected chi connectivity index (χ1v) is 15.0. The lowest BCUT2D eigenvalue weighted by molar-refractivity contribution is 0.130. The van der Waals surface area contributed by atoms with Crippen LogP contribution in [0.5, 0.6) is 5.75 Å². The number of amidine groups is 1. The van der Waals surface area contributed by atoms with Gasteiger partial charge in [0.15, 0.2) is 5.96 Å². The summed E-state index contributed by atoms with van der Waals surface area (Å²) in [6.45, 7) is 4.69. The number of anilines is 1. The highest BCUT2D eigenvalue weighted by molar-refractivity contribution is 7.92. The predicted octanol–water partition coefficient (Wildman–Crippen LogP) is 4.17. The summed E-state index contributed by atoms with van der Waals surface area (Å²) in [5, 5.41) is 15.6. The molecule has 0 saturated carbocycles. The number of piperidine rings is 1. The molecule has 0 aliphatic carbocycles. The summed E-state index contributed by atoms with van der Waals surface area (Å²) >= 11 is 0. The van der Waals surface area contributed by atoms with Gasteiger partial charge in [-0.3, -0.25) is 15.1 Å². The smallest absolute Gasteiger partial charge is 0.264 e. The van der Waals surface area contributed by atoms with Crippen LogP contribution in [-0.4, -0.2) is 55.8 Å². The number of nitrogens with zero attached hydrogens (tertiary/aromatic N) is 3. The Kier molecular flexibility index (Phi) is 7.97. The maximum atomic E-state index is 14.1. The quantitative estimate of drug-likeness (QED) is 0.294. The van der Waals surface area contributed by atoms with E-state index in [1.165, 1.54) is 4.31 Å². The molecule has 0 amide bonds. The molecule has 2 aliphatic heterocycles. The van der Waals surface area contributed by atoms with Crippen molar-refractivity contribution in [1.82, 2.24) is 9.80 Å². The zero-order chi connectivity index (χ0) is 28.3. The summed E-state index contributed by atoms with van der Waals surface area (Å²) < 4.78 is 35.7. The summed E-state index contributed by atoms with van der Waals surface area (Å²) in [4.78, 5) is 4.01. The van der Waals surface area contributed by atoms with Crippen molar-refractivity contribution in [3.05, 3.63) is 89.5 Å². The number of nitrogens with two attached hydrogens (primary N) is 1. The van der Waals surface area contributed by atoms with E-state index in [4.69, 9.17) is 21.3 Å². The Hall–Kier alpha value is -4.05. The van der Waals surface area contributed by atoms with Gasteiger partial charge in [-0.15, -0.1) is 0 Å². The van der Waals surface area contributed by atoms with Crippen LogP contribution < -0.4 is 14.8 Å². The molecule has 2 heterocycles. The lowest BCUT2D eigenvalue weighted by atomic mass is 9.99. The average Bonchev–Trinajstić information content (AvgIpc) is 2.96. The monoisotopic (exact) mass is 560 g/mol. The molecule has 40 heavy (non-hydrogen) atoms. The normalized spacial score (nSPS) is 15.8. The summed E-state index contributed by atoms with van der Waals surface area (Å²) in [5.74, 6) is 1.22. The highest BCUT2D eigenvalue weighted by Crippen LogP contribution is 2.31. The zero-order valence-electron chi connectivity index (χ0n) is 22.7. The molecule has 1 fully saturated rings. The molecule has 0 bridgehead atoms. The molecule has 4 N–H and O–H groups in total. The fraction of sp³-hybridized carbons (Fsp3) is 0.333. The molecular formula is C30H36N6O3S. The number of likely N-dealkylation sites (tertiary alicyclic amines) is 1. The molecule has 3 aromatic rings. The average molecular weight is 561 g/mol. The van der Waals surface area contributed by atoms with Gasteiger partial charge in [0.25, 0.3) is 10.0 Å². The second-order valence-electron chi connectivity index (χ2n) is 10.4. The van der Waals surface area contributed by atoms with Gasteiger partial charge in [0.1, 0.15) is 11.9 Å². The van der Waals surface area contributed by atoms with Crippen LogP contribution in [0.3, 0.4) is 0 Å². The number of hydrogen-bond acceptors (Lipinski definition) is 5. The first kappa shape index (κ1) is 27.5. The third-order valence-electron chi connectivity index (χ3n) is 7.63. The van der Waals surface area contributed by atoms with E-state index in [9.17, 15) is 8.42 Å². The van der Waals surface area contributed by atoms with Gasteiger partial charge in [0.2, 0.25) is 0 Å². The van der Waals surface area contributed by atoms with E-state index in [2.05, 4.69) is 0 Å². The highest BCUT2D eigenvalue weighted by Gasteiger charge is 2.28. The molecule has 1 saturated heterocycles. The molecule has 10 heteroatoms. The molecule has 0 spiro atoms. The first-order valence-electron chi connectivity index (χ1n) is 13.5. The van der Waals surface area contributed by atoms with E-state index >= 15 is 0 Å². The summed E-state index contributed by atoms with van der Waals surface area (Å²) in [5.41, 5.74) is 9.30.